The lowest BCUT2D eigenvalue weighted by Crippen LogP contribution is -2.43. The molecule has 2 aromatic carbocycles. The van der Waals surface area contributed by atoms with Gasteiger partial charge in [0.2, 0.25) is 5.91 Å². The highest BCUT2D eigenvalue weighted by Gasteiger charge is 2.27. The van der Waals surface area contributed by atoms with Crippen LogP contribution in [0.5, 0.6) is 0 Å². The Morgan fingerprint density at radius 3 is 2.68 bits per heavy atom. The first-order valence-corrected chi connectivity index (χ1v) is 8.46. The molecule has 1 atom stereocenters. The van der Waals surface area contributed by atoms with Crippen molar-refractivity contribution in [1.82, 2.24) is 5.32 Å². The van der Waals surface area contributed by atoms with Crippen molar-refractivity contribution in [2.45, 2.75) is 33.2 Å². The number of urea groups is 1. The van der Waals surface area contributed by atoms with Crippen molar-refractivity contribution in [3.63, 3.8) is 0 Å². The van der Waals surface area contributed by atoms with E-state index in [4.69, 9.17) is 0 Å². The molecule has 0 saturated heterocycles. The van der Waals surface area contributed by atoms with Crippen molar-refractivity contribution in [2.24, 2.45) is 0 Å². The molecular weight excluding hydrogens is 314 g/mol. The summed E-state index contributed by atoms with van der Waals surface area (Å²) in [6.07, 6.45) is 0.915. The standard InChI is InChI=1S/C20H23N3O2/c1-13-8-9-17(14(2)10-13)21-20(25)22-19(24)12-23-15(3)11-16-6-4-5-7-18(16)23/h4-10,15H,11-12H2,1-3H3,(H2,21,22,24,25). The quantitative estimate of drug-likeness (QED) is 0.902. The molecule has 0 aliphatic carbocycles. The summed E-state index contributed by atoms with van der Waals surface area (Å²) in [6.45, 7) is 6.17. The predicted octanol–water partition coefficient (Wildman–Crippen LogP) is 3.40. The molecule has 2 N–H and O–H groups in total. The molecule has 5 nitrogen and oxygen atoms in total. The van der Waals surface area contributed by atoms with Gasteiger partial charge in [-0.1, -0.05) is 35.9 Å². The molecule has 3 amide bonds. The second-order valence-corrected chi connectivity index (χ2v) is 6.63. The lowest BCUT2D eigenvalue weighted by Gasteiger charge is -2.24. The van der Waals surface area contributed by atoms with Gasteiger partial charge in [-0.15, -0.1) is 0 Å². The first-order chi connectivity index (χ1) is 11.9. The van der Waals surface area contributed by atoms with Gasteiger partial charge >= 0.3 is 6.03 Å². The Labute approximate surface area is 148 Å². The minimum absolute atomic E-state index is 0.165. The predicted molar refractivity (Wildman–Crippen MR) is 100 cm³/mol. The number of carbonyl (C=O) groups excluding carboxylic acids is 2. The third kappa shape index (κ3) is 3.82. The van der Waals surface area contributed by atoms with Crippen molar-refractivity contribution < 1.29 is 9.59 Å². The van der Waals surface area contributed by atoms with Gasteiger partial charge in [-0.3, -0.25) is 10.1 Å². The summed E-state index contributed by atoms with van der Waals surface area (Å²) in [4.78, 5) is 26.4. The number of fused-ring (bicyclic) bond motifs is 1. The Hall–Kier alpha value is -2.82. The first-order valence-electron chi connectivity index (χ1n) is 8.46. The number of hydrogen-bond donors (Lipinski definition) is 2. The fraction of sp³-hybridized carbons (Fsp3) is 0.300. The minimum atomic E-state index is -0.503. The molecule has 0 spiro atoms. The molecular formula is C20H23N3O2. The summed E-state index contributed by atoms with van der Waals surface area (Å²) in [7, 11) is 0. The van der Waals surface area contributed by atoms with Crippen LogP contribution < -0.4 is 15.5 Å². The zero-order chi connectivity index (χ0) is 18.0. The average molecular weight is 337 g/mol. The summed E-state index contributed by atoms with van der Waals surface area (Å²) in [5, 5.41) is 5.15. The van der Waals surface area contributed by atoms with E-state index in [0.29, 0.717) is 5.69 Å². The molecule has 1 aliphatic rings. The van der Waals surface area contributed by atoms with Crippen molar-refractivity contribution >= 4 is 23.3 Å². The van der Waals surface area contributed by atoms with Crippen LogP contribution in [-0.4, -0.2) is 24.5 Å². The number of amides is 3. The third-order valence-corrected chi connectivity index (χ3v) is 4.55. The summed E-state index contributed by atoms with van der Waals surface area (Å²) in [5.74, 6) is -0.314. The van der Waals surface area contributed by atoms with Crippen LogP contribution in [0.2, 0.25) is 0 Å². The monoisotopic (exact) mass is 337 g/mol. The zero-order valence-corrected chi connectivity index (χ0v) is 14.8. The van der Waals surface area contributed by atoms with Crippen LogP contribution in [0, 0.1) is 13.8 Å². The molecule has 0 aromatic heterocycles. The number of hydrogen-bond acceptors (Lipinski definition) is 3. The van der Waals surface area contributed by atoms with Crippen LogP contribution in [-0.2, 0) is 11.2 Å². The van der Waals surface area contributed by atoms with Crippen LogP contribution >= 0.6 is 0 Å². The van der Waals surface area contributed by atoms with E-state index in [0.717, 1.165) is 23.2 Å². The van der Waals surface area contributed by atoms with E-state index in [1.54, 1.807) is 0 Å². The smallest absolute Gasteiger partial charge is 0.325 e. The molecule has 0 saturated carbocycles. The fourth-order valence-corrected chi connectivity index (χ4v) is 3.30. The molecule has 1 unspecified atom stereocenters. The zero-order valence-electron chi connectivity index (χ0n) is 14.8. The largest absolute Gasteiger partial charge is 0.359 e. The molecule has 2 aromatic rings. The SMILES string of the molecule is Cc1ccc(NC(=O)NC(=O)CN2c3ccccc3CC2C)c(C)c1. The van der Waals surface area contributed by atoms with E-state index in [9.17, 15) is 9.59 Å². The number of nitrogens with zero attached hydrogens (tertiary/aromatic N) is 1. The Kier molecular flexibility index (Phi) is 4.74. The van der Waals surface area contributed by atoms with Crippen molar-refractivity contribution in [3.05, 3.63) is 59.2 Å². The lowest BCUT2D eigenvalue weighted by atomic mass is 10.1. The van der Waals surface area contributed by atoms with E-state index < -0.39 is 6.03 Å². The third-order valence-electron chi connectivity index (χ3n) is 4.55. The molecule has 0 radical (unpaired) electrons. The molecule has 130 valence electrons. The molecule has 1 heterocycles. The van der Waals surface area contributed by atoms with Gasteiger partial charge in [-0.05, 0) is 50.5 Å². The van der Waals surface area contributed by atoms with Crippen LogP contribution in [0.4, 0.5) is 16.2 Å². The van der Waals surface area contributed by atoms with Crippen LogP contribution in [0.25, 0.3) is 0 Å². The number of rotatable bonds is 3. The fourth-order valence-electron chi connectivity index (χ4n) is 3.30. The van der Waals surface area contributed by atoms with Crippen molar-refractivity contribution in [3.8, 4) is 0 Å². The number of anilines is 2. The molecule has 5 heteroatoms. The number of nitrogens with one attached hydrogen (secondary N) is 2. The van der Waals surface area contributed by atoms with E-state index in [2.05, 4.69) is 23.6 Å². The van der Waals surface area contributed by atoms with Gasteiger partial charge in [0.1, 0.15) is 0 Å². The highest BCUT2D eigenvalue weighted by Crippen LogP contribution is 2.31. The number of para-hydroxylation sites is 1. The normalized spacial score (nSPS) is 15.6. The number of aryl methyl sites for hydroxylation is 2. The number of imide groups is 1. The first kappa shape index (κ1) is 17.0. The van der Waals surface area contributed by atoms with Crippen LogP contribution in [0.15, 0.2) is 42.5 Å². The van der Waals surface area contributed by atoms with Crippen molar-refractivity contribution in [1.29, 1.82) is 0 Å². The Morgan fingerprint density at radius 1 is 1.16 bits per heavy atom. The van der Waals surface area contributed by atoms with Crippen molar-refractivity contribution in [2.75, 3.05) is 16.8 Å². The van der Waals surface area contributed by atoms with E-state index in [-0.39, 0.29) is 18.5 Å². The van der Waals surface area contributed by atoms with Crippen LogP contribution in [0.1, 0.15) is 23.6 Å². The maximum absolute atomic E-state index is 12.3. The second-order valence-electron chi connectivity index (χ2n) is 6.63. The maximum atomic E-state index is 12.3. The number of benzene rings is 2. The Morgan fingerprint density at radius 2 is 1.92 bits per heavy atom. The highest BCUT2D eigenvalue weighted by atomic mass is 16.2. The van der Waals surface area contributed by atoms with E-state index in [1.807, 2.05) is 55.1 Å². The van der Waals surface area contributed by atoms with Gasteiger partial charge in [0.05, 0.1) is 6.54 Å². The van der Waals surface area contributed by atoms with Gasteiger partial charge in [-0.2, -0.15) is 0 Å². The summed E-state index contributed by atoms with van der Waals surface area (Å²) >= 11 is 0. The molecule has 0 fully saturated rings. The molecule has 3 rings (SSSR count). The molecule has 1 aliphatic heterocycles. The molecule has 0 bridgehead atoms. The van der Waals surface area contributed by atoms with Gasteiger partial charge < -0.3 is 10.2 Å². The minimum Gasteiger partial charge on any atom is -0.359 e. The number of carbonyl (C=O) groups is 2. The van der Waals surface area contributed by atoms with E-state index in [1.165, 1.54) is 5.56 Å². The second kappa shape index (κ2) is 6.97. The van der Waals surface area contributed by atoms with Gasteiger partial charge in [0, 0.05) is 17.4 Å². The van der Waals surface area contributed by atoms with Gasteiger partial charge in [0.25, 0.3) is 0 Å². The Bertz CT molecular complexity index is 816. The van der Waals surface area contributed by atoms with E-state index >= 15 is 0 Å². The summed E-state index contributed by atoms with van der Waals surface area (Å²) in [5.41, 5.74) is 5.10. The Balaban J connectivity index is 1.60. The molecule has 25 heavy (non-hydrogen) atoms. The lowest BCUT2D eigenvalue weighted by molar-refractivity contribution is -0.118. The topological polar surface area (TPSA) is 61.4 Å². The summed E-state index contributed by atoms with van der Waals surface area (Å²) in [6, 6.07) is 13.6. The van der Waals surface area contributed by atoms with Gasteiger partial charge in [-0.25, -0.2) is 4.79 Å². The van der Waals surface area contributed by atoms with Gasteiger partial charge in [0.15, 0.2) is 0 Å². The highest BCUT2D eigenvalue weighted by molar-refractivity contribution is 6.02. The summed E-state index contributed by atoms with van der Waals surface area (Å²) < 4.78 is 0. The average Bonchev–Trinajstić information content (AvgIpc) is 2.86. The maximum Gasteiger partial charge on any atom is 0.325 e. The van der Waals surface area contributed by atoms with Crippen LogP contribution in [0.3, 0.4) is 0 Å².